The maximum atomic E-state index is 11.7. The fourth-order valence-electron chi connectivity index (χ4n) is 1.99. The molecule has 0 heterocycles. The van der Waals surface area contributed by atoms with Crippen molar-refractivity contribution in [3.63, 3.8) is 0 Å². The maximum Gasteiger partial charge on any atom is 0.160 e. The molecule has 0 amide bonds. The Labute approximate surface area is 95.7 Å². The van der Waals surface area contributed by atoms with E-state index in [4.69, 9.17) is 0 Å². The van der Waals surface area contributed by atoms with E-state index >= 15 is 0 Å². The van der Waals surface area contributed by atoms with Crippen molar-refractivity contribution in [2.24, 2.45) is 0 Å². The summed E-state index contributed by atoms with van der Waals surface area (Å²) in [6, 6.07) is 16.0. The van der Waals surface area contributed by atoms with Gasteiger partial charge in [0.2, 0.25) is 0 Å². The Morgan fingerprint density at radius 3 is 2.25 bits per heavy atom. The molecule has 0 N–H and O–H groups in total. The highest BCUT2D eigenvalue weighted by Crippen LogP contribution is 2.26. The molecule has 0 aromatic heterocycles. The van der Waals surface area contributed by atoms with Gasteiger partial charge >= 0.3 is 0 Å². The van der Waals surface area contributed by atoms with E-state index in [1.807, 2.05) is 55.5 Å². The van der Waals surface area contributed by atoms with Gasteiger partial charge in [-0.1, -0.05) is 48.5 Å². The van der Waals surface area contributed by atoms with Gasteiger partial charge in [-0.25, -0.2) is 0 Å². The van der Waals surface area contributed by atoms with Crippen molar-refractivity contribution in [2.45, 2.75) is 13.8 Å². The molecule has 0 saturated carbocycles. The molecular weight excluding hydrogens is 196 g/mol. The lowest BCUT2D eigenvalue weighted by atomic mass is 9.94. The second-order valence-electron chi connectivity index (χ2n) is 3.92. The molecule has 0 aliphatic rings. The van der Waals surface area contributed by atoms with Gasteiger partial charge in [-0.05, 0) is 30.5 Å². The van der Waals surface area contributed by atoms with Gasteiger partial charge in [-0.2, -0.15) is 0 Å². The largest absolute Gasteiger partial charge is 0.294 e. The Bertz CT molecular complexity index is 512. The van der Waals surface area contributed by atoms with Crippen molar-refractivity contribution >= 4 is 5.78 Å². The van der Waals surface area contributed by atoms with Gasteiger partial charge < -0.3 is 0 Å². The third-order valence-corrected chi connectivity index (χ3v) is 2.71. The number of carbonyl (C=O) groups excluding carboxylic acids is 1. The van der Waals surface area contributed by atoms with Crippen LogP contribution in [0.1, 0.15) is 22.8 Å². The molecule has 0 saturated heterocycles. The quantitative estimate of drug-likeness (QED) is 0.688. The maximum absolute atomic E-state index is 11.7. The Morgan fingerprint density at radius 1 is 0.938 bits per heavy atom. The Kier molecular flexibility index (Phi) is 2.86. The fraction of sp³-hybridized carbons (Fsp3) is 0.133. The summed E-state index contributed by atoms with van der Waals surface area (Å²) in [5, 5.41) is 0. The third-order valence-electron chi connectivity index (χ3n) is 2.71. The molecule has 0 atom stereocenters. The van der Waals surface area contributed by atoms with Crippen molar-refractivity contribution < 1.29 is 4.79 Å². The summed E-state index contributed by atoms with van der Waals surface area (Å²) in [6.07, 6.45) is 0. The lowest BCUT2D eigenvalue weighted by Gasteiger charge is -2.09. The summed E-state index contributed by atoms with van der Waals surface area (Å²) in [4.78, 5) is 11.7. The zero-order valence-corrected chi connectivity index (χ0v) is 9.53. The van der Waals surface area contributed by atoms with Crippen LogP contribution in [-0.2, 0) is 0 Å². The van der Waals surface area contributed by atoms with Crippen molar-refractivity contribution in [1.82, 2.24) is 0 Å². The van der Waals surface area contributed by atoms with E-state index in [0.717, 1.165) is 22.3 Å². The van der Waals surface area contributed by atoms with Crippen LogP contribution in [0.25, 0.3) is 11.1 Å². The van der Waals surface area contributed by atoms with Crippen LogP contribution in [0.2, 0.25) is 0 Å². The van der Waals surface area contributed by atoms with E-state index < -0.39 is 0 Å². The molecule has 1 heteroatoms. The van der Waals surface area contributed by atoms with Gasteiger partial charge in [-0.15, -0.1) is 0 Å². The highest BCUT2D eigenvalue weighted by molar-refractivity contribution is 6.02. The van der Waals surface area contributed by atoms with Crippen LogP contribution in [0.4, 0.5) is 0 Å². The summed E-state index contributed by atoms with van der Waals surface area (Å²) in [5.74, 6) is 0.122. The van der Waals surface area contributed by atoms with Crippen molar-refractivity contribution in [1.29, 1.82) is 0 Å². The third kappa shape index (κ3) is 1.89. The second kappa shape index (κ2) is 4.31. The van der Waals surface area contributed by atoms with Crippen molar-refractivity contribution in [2.75, 3.05) is 0 Å². The monoisotopic (exact) mass is 210 g/mol. The minimum atomic E-state index is 0.122. The van der Waals surface area contributed by atoms with E-state index in [1.165, 1.54) is 0 Å². The Morgan fingerprint density at radius 2 is 1.62 bits per heavy atom. The molecule has 0 unspecified atom stereocenters. The highest BCUT2D eigenvalue weighted by Gasteiger charge is 2.10. The molecule has 2 rings (SSSR count). The van der Waals surface area contributed by atoms with Crippen molar-refractivity contribution in [3.05, 3.63) is 59.7 Å². The zero-order chi connectivity index (χ0) is 11.5. The number of rotatable bonds is 2. The number of hydrogen-bond acceptors (Lipinski definition) is 1. The number of hydrogen-bond donors (Lipinski definition) is 0. The van der Waals surface area contributed by atoms with Gasteiger partial charge in [0, 0.05) is 5.56 Å². The van der Waals surface area contributed by atoms with Gasteiger partial charge in [0.05, 0.1) is 0 Å². The minimum Gasteiger partial charge on any atom is -0.294 e. The van der Waals surface area contributed by atoms with E-state index in [9.17, 15) is 4.79 Å². The molecule has 80 valence electrons. The molecule has 0 radical (unpaired) electrons. The molecule has 1 nitrogen and oxygen atoms in total. The van der Waals surface area contributed by atoms with E-state index in [1.54, 1.807) is 6.92 Å². The first-order chi connectivity index (χ1) is 7.70. The standard InChI is InChI=1S/C15H14O/c1-11-7-6-10-14(15(11)12(2)16)13-8-4-3-5-9-13/h3-10H,1-2H3. The predicted molar refractivity (Wildman–Crippen MR) is 66.6 cm³/mol. The lowest BCUT2D eigenvalue weighted by Crippen LogP contribution is -1.99. The lowest BCUT2D eigenvalue weighted by molar-refractivity contribution is 0.101. The molecule has 0 bridgehead atoms. The molecule has 0 fully saturated rings. The van der Waals surface area contributed by atoms with E-state index in [0.29, 0.717) is 0 Å². The minimum absolute atomic E-state index is 0.122. The molecule has 16 heavy (non-hydrogen) atoms. The molecule has 0 spiro atoms. The average molecular weight is 210 g/mol. The van der Waals surface area contributed by atoms with Crippen LogP contribution >= 0.6 is 0 Å². The molecular formula is C15H14O. The zero-order valence-electron chi connectivity index (χ0n) is 9.53. The number of carbonyl (C=O) groups is 1. The van der Waals surface area contributed by atoms with Crippen LogP contribution < -0.4 is 0 Å². The molecule has 2 aromatic rings. The first-order valence-corrected chi connectivity index (χ1v) is 5.36. The van der Waals surface area contributed by atoms with Gasteiger partial charge in [-0.3, -0.25) is 4.79 Å². The smallest absolute Gasteiger partial charge is 0.160 e. The first kappa shape index (κ1) is 10.6. The van der Waals surface area contributed by atoms with Gasteiger partial charge in [0.1, 0.15) is 0 Å². The topological polar surface area (TPSA) is 17.1 Å². The summed E-state index contributed by atoms with van der Waals surface area (Å²) in [7, 11) is 0. The summed E-state index contributed by atoms with van der Waals surface area (Å²) in [6.45, 7) is 3.60. The molecule has 0 aliphatic heterocycles. The van der Waals surface area contributed by atoms with Gasteiger partial charge in [0.15, 0.2) is 5.78 Å². The Hall–Kier alpha value is -1.89. The summed E-state index contributed by atoms with van der Waals surface area (Å²) < 4.78 is 0. The normalized spacial score (nSPS) is 10.1. The fourth-order valence-corrected chi connectivity index (χ4v) is 1.99. The average Bonchev–Trinajstić information content (AvgIpc) is 2.29. The van der Waals surface area contributed by atoms with Gasteiger partial charge in [0.25, 0.3) is 0 Å². The van der Waals surface area contributed by atoms with Crippen LogP contribution in [-0.4, -0.2) is 5.78 Å². The summed E-state index contributed by atoms with van der Waals surface area (Å²) >= 11 is 0. The summed E-state index contributed by atoms with van der Waals surface area (Å²) in [5.41, 5.74) is 3.98. The van der Waals surface area contributed by atoms with E-state index in [2.05, 4.69) is 0 Å². The van der Waals surface area contributed by atoms with Crippen LogP contribution in [0.15, 0.2) is 48.5 Å². The number of Topliss-reactive ketones (excluding diaryl/α,β-unsaturated/α-hetero) is 1. The van der Waals surface area contributed by atoms with Crippen molar-refractivity contribution in [3.8, 4) is 11.1 Å². The molecule has 0 aliphatic carbocycles. The number of ketones is 1. The predicted octanol–water partition coefficient (Wildman–Crippen LogP) is 3.86. The second-order valence-corrected chi connectivity index (χ2v) is 3.92. The number of aryl methyl sites for hydroxylation is 1. The Balaban J connectivity index is 2.66. The SMILES string of the molecule is CC(=O)c1c(C)cccc1-c1ccccc1. The number of benzene rings is 2. The first-order valence-electron chi connectivity index (χ1n) is 5.36. The van der Waals surface area contributed by atoms with E-state index in [-0.39, 0.29) is 5.78 Å². The molecule has 2 aromatic carbocycles. The highest BCUT2D eigenvalue weighted by atomic mass is 16.1. The van der Waals surface area contributed by atoms with Crippen LogP contribution in [0.3, 0.4) is 0 Å². The van der Waals surface area contributed by atoms with Crippen LogP contribution in [0.5, 0.6) is 0 Å². The van der Waals surface area contributed by atoms with Crippen LogP contribution in [0, 0.1) is 6.92 Å².